The second-order valence-electron chi connectivity index (χ2n) is 2.92. The number of aromatic hydroxyl groups is 1. The van der Waals surface area contributed by atoms with Gasteiger partial charge in [0.1, 0.15) is 0 Å². The van der Waals surface area contributed by atoms with E-state index in [1.54, 1.807) is 0 Å². The first-order chi connectivity index (χ1) is 6.49. The molecule has 0 aliphatic heterocycles. The summed E-state index contributed by atoms with van der Waals surface area (Å²) < 4.78 is 30.7. The van der Waals surface area contributed by atoms with Crippen molar-refractivity contribution < 1.29 is 18.6 Å². The smallest absolute Gasteiger partial charge is 0.168 e. The van der Waals surface area contributed by atoms with E-state index in [-0.39, 0.29) is 11.3 Å². The Kier molecular flexibility index (Phi) is 2.90. The maximum Gasteiger partial charge on any atom is 0.168 e. The lowest BCUT2D eigenvalue weighted by molar-refractivity contribution is 0.358. The molecule has 0 heterocycles. The molecule has 0 aromatic heterocycles. The molecule has 14 heavy (non-hydrogen) atoms. The predicted molar refractivity (Wildman–Crippen MR) is 47.2 cm³/mol. The van der Waals surface area contributed by atoms with Gasteiger partial charge in [-0.2, -0.15) is 0 Å². The lowest BCUT2D eigenvalue weighted by Gasteiger charge is -2.14. The van der Waals surface area contributed by atoms with E-state index < -0.39 is 23.4 Å². The summed E-state index contributed by atoms with van der Waals surface area (Å²) >= 11 is 0. The zero-order valence-electron chi connectivity index (χ0n) is 7.84. The molecule has 0 fully saturated rings. The fraction of sp³-hybridized carbons (Fsp3) is 0.333. The number of hydrogen-bond acceptors (Lipinski definition) is 3. The molecular weight excluding hydrogens is 192 g/mol. The van der Waals surface area contributed by atoms with Crippen molar-refractivity contribution in [2.75, 3.05) is 7.11 Å². The largest absolute Gasteiger partial charge is 0.504 e. The fourth-order valence-electron chi connectivity index (χ4n) is 1.24. The Morgan fingerprint density at radius 2 is 2.00 bits per heavy atom. The molecule has 0 aliphatic carbocycles. The molecule has 1 aromatic rings. The van der Waals surface area contributed by atoms with Crippen LogP contribution in [0.15, 0.2) is 6.07 Å². The number of phenolic OH excluding ortho intramolecular Hbond substituents is 1. The summed E-state index contributed by atoms with van der Waals surface area (Å²) in [5, 5.41) is 9.30. The highest BCUT2D eigenvalue weighted by Gasteiger charge is 2.21. The zero-order valence-corrected chi connectivity index (χ0v) is 7.84. The Morgan fingerprint density at radius 3 is 2.43 bits per heavy atom. The molecule has 1 aromatic carbocycles. The number of nitrogens with two attached hydrogens (primary N) is 1. The van der Waals surface area contributed by atoms with Gasteiger partial charge in [0, 0.05) is 12.1 Å². The van der Waals surface area contributed by atoms with Crippen LogP contribution in [-0.2, 0) is 0 Å². The summed E-state index contributed by atoms with van der Waals surface area (Å²) in [5.74, 6) is -2.82. The second-order valence-corrected chi connectivity index (χ2v) is 2.92. The van der Waals surface area contributed by atoms with Crippen molar-refractivity contribution in [3.63, 3.8) is 0 Å². The highest BCUT2D eigenvalue weighted by atomic mass is 19.1. The van der Waals surface area contributed by atoms with E-state index in [2.05, 4.69) is 0 Å². The van der Waals surface area contributed by atoms with Crippen LogP contribution in [0.5, 0.6) is 11.5 Å². The van der Waals surface area contributed by atoms with Gasteiger partial charge in [0.2, 0.25) is 0 Å². The lowest BCUT2D eigenvalue weighted by atomic mass is 10.1. The van der Waals surface area contributed by atoms with Crippen LogP contribution >= 0.6 is 0 Å². The monoisotopic (exact) mass is 203 g/mol. The summed E-state index contributed by atoms with van der Waals surface area (Å²) in [6.45, 7) is 1.50. The van der Waals surface area contributed by atoms with E-state index in [0.29, 0.717) is 6.07 Å². The van der Waals surface area contributed by atoms with E-state index in [0.717, 1.165) is 0 Å². The molecule has 0 radical (unpaired) electrons. The lowest BCUT2D eigenvalue weighted by Crippen LogP contribution is -2.09. The van der Waals surface area contributed by atoms with Gasteiger partial charge in [0.15, 0.2) is 23.1 Å². The Labute approximate surface area is 80.1 Å². The number of methoxy groups -OCH3 is 1. The normalized spacial score (nSPS) is 12.6. The third-order valence-corrected chi connectivity index (χ3v) is 1.86. The van der Waals surface area contributed by atoms with Gasteiger partial charge in [-0.1, -0.05) is 0 Å². The van der Waals surface area contributed by atoms with Crippen molar-refractivity contribution in [2.45, 2.75) is 13.0 Å². The van der Waals surface area contributed by atoms with E-state index in [1.165, 1.54) is 14.0 Å². The van der Waals surface area contributed by atoms with Crippen LogP contribution in [0.25, 0.3) is 0 Å². The summed E-state index contributed by atoms with van der Waals surface area (Å²) in [7, 11) is 1.22. The van der Waals surface area contributed by atoms with Gasteiger partial charge in [-0.05, 0) is 6.92 Å². The Bertz CT molecular complexity index is 353. The van der Waals surface area contributed by atoms with Gasteiger partial charge in [-0.25, -0.2) is 8.78 Å². The number of rotatable bonds is 2. The Hall–Kier alpha value is -1.36. The number of benzene rings is 1. The van der Waals surface area contributed by atoms with Crippen LogP contribution < -0.4 is 10.5 Å². The van der Waals surface area contributed by atoms with Crippen molar-refractivity contribution in [1.29, 1.82) is 0 Å². The Balaban J connectivity index is 3.48. The standard InChI is InChI=1S/C9H11F2NO2/c1-4(12)7-8(13)5(10)3-6(11)9(7)14-2/h3-4,13H,12H2,1-2H3. The molecule has 0 saturated carbocycles. The minimum Gasteiger partial charge on any atom is -0.504 e. The van der Waals surface area contributed by atoms with E-state index in [4.69, 9.17) is 10.5 Å². The first kappa shape index (κ1) is 10.7. The third kappa shape index (κ3) is 1.63. The molecule has 1 rings (SSSR count). The molecule has 78 valence electrons. The van der Waals surface area contributed by atoms with Gasteiger partial charge in [-0.3, -0.25) is 0 Å². The third-order valence-electron chi connectivity index (χ3n) is 1.86. The number of hydrogen-bond donors (Lipinski definition) is 2. The quantitative estimate of drug-likeness (QED) is 0.769. The summed E-state index contributed by atoms with van der Waals surface area (Å²) in [6.07, 6.45) is 0. The maximum absolute atomic E-state index is 13.1. The van der Waals surface area contributed by atoms with Gasteiger partial charge in [-0.15, -0.1) is 0 Å². The molecule has 1 atom stereocenters. The maximum atomic E-state index is 13.1. The van der Waals surface area contributed by atoms with Crippen LogP contribution in [0.1, 0.15) is 18.5 Å². The van der Waals surface area contributed by atoms with Crippen molar-refractivity contribution >= 4 is 0 Å². The molecule has 3 N–H and O–H groups in total. The minimum atomic E-state index is -1.05. The van der Waals surface area contributed by atoms with Crippen molar-refractivity contribution in [2.24, 2.45) is 5.73 Å². The molecular formula is C9H11F2NO2. The average Bonchev–Trinajstić information content (AvgIpc) is 2.10. The SMILES string of the molecule is COc1c(F)cc(F)c(O)c1C(C)N. The molecule has 0 saturated heterocycles. The van der Waals surface area contributed by atoms with Gasteiger partial charge in [0.05, 0.1) is 12.7 Å². The molecule has 0 spiro atoms. The van der Waals surface area contributed by atoms with Crippen molar-refractivity contribution in [3.05, 3.63) is 23.3 Å². The fourth-order valence-corrected chi connectivity index (χ4v) is 1.24. The molecule has 3 nitrogen and oxygen atoms in total. The molecule has 1 unspecified atom stereocenters. The van der Waals surface area contributed by atoms with E-state index in [1.807, 2.05) is 0 Å². The number of phenols is 1. The van der Waals surface area contributed by atoms with Crippen molar-refractivity contribution in [1.82, 2.24) is 0 Å². The zero-order chi connectivity index (χ0) is 10.9. The summed E-state index contributed by atoms with van der Waals surface area (Å²) in [4.78, 5) is 0. The minimum absolute atomic E-state index is 0.0648. The predicted octanol–water partition coefficient (Wildman–Crippen LogP) is 1.70. The molecule has 0 aliphatic rings. The number of ether oxygens (including phenoxy) is 1. The molecule has 0 bridgehead atoms. The van der Waals surface area contributed by atoms with Crippen molar-refractivity contribution in [3.8, 4) is 11.5 Å². The second kappa shape index (κ2) is 3.79. The highest BCUT2D eigenvalue weighted by Crippen LogP contribution is 2.36. The molecule has 5 heteroatoms. The summed E-state index contributed by atoms with van der Waals surface area (Å²) in [6, 6.07) is -0.157. The van der Waals surface area contributed by atoms with E-state index in [9.17, 15) is 13.9 Å². The topological polar surface area (TPSA) is 55.5 Å². The van der Waals surface area contributed by atoms with Gasteiger partial charge < -0.3 is 15.6 Å². The van der Waals surface area contributed by atoms with Gasteiger partial charge in [0.25, 0.3) is 0 Å². The van der Waals surface area contributed by atoms with Crippen LogP contribution in [0.2, 0.25) is 0 Å². The molecule has 0 amide bonds. The highest BCUT2D eigenvalue weighted by molar-refractivity contribution is 5.47. The first-order valence-electron chi connectivity index (χ1n) is 3.99. The summed E-state index contributed by atoms with van der Waals surface area (Å²) in [5.41, 5.74) is 5.39. The Morgan fingerprint density at radius 1 is 1.43 bits per heavy atom. The van der Waals surface area contributed by atoms with Crippen LogP contribution in [0, 0.1) is 11.6 Å². The van der Waals surface area contributed by atoms with Crippen LogP contribution in [-0.4, -0.2) is 12.2 Å². The first-order valence-corrected chi connectivity index (χ1v) is 3.99. The number of halogens is 2. The van der Waals surface area contributed by atoms with Crippen LogP contribution in [0.4, 0.5) is 8.78 Å². The average molecular weight is 203 g/mol. The van der Waals surface area contributed by atoms with E-state index >= 15 is 0 Å². The van der Waals surface area contributed by atoms with Crippen LogP contribution in [0.3, 0.4) is 0 Å². The van der Waals surface area contributed by atoms with Gasteiger partial charge >= 0.3 is 0 Å².